The van der Waals surface area contributed by atoms with Crippen molar-refractivity contribution in [2.75, 3.05) is 18.3 Å². The smallest absolute Gasteiger partial charge is 0.237 e. The summed E-state index contributed by atoms with van der Waals surface area (Å²) in [5, 5.41) is 11.6. The fourth-order valence-corrected chi connectivity index (χ4v) is 3.98. The van der Waals surface area contributed by atoms with Crippen LogP contribution in [0.3, 0.4) is 0 Å². The molecular formula is C18H25N5O2S. The number of amides is 1. The molecule has 1 aliphatic carbocycles. The Morgan fingerprint density at radius 1 is 1.31 bits per heavy atom. The minimum atomic E-state index is -0.370. The van der Waals surface area contributed by atoms with Crippen LogP contribution < -0.4 is 15.9 Å². The fourth-order valence-electron chi connectivity index (χ4n) is 3.20. The Morgan fingerprint density at radius 3 is 2.77 bits per heavy atom. The number of para-hydroxylation sites is 2. The highest BCUT2D eigenvalue weighted by molar-refractivity contribution is 8.00. The van der Waals surface area contributed by atoms with Crippen molar-refractivity contribution in [2.45, 2.75) is 55.4 Å². The van der Waals surface area contributed by atoms with Crippen LogP contribution in [0.25, 0.3) is 0 Å². The van der Waals surface area contributed by atoms with Crippen molar-refractivity contribution in [3.05, 3.63) is 30.1 Å². The molecule has 1 amide bonds. The van der Waals surface area contributed by atoms with Gasteiger partial charge in [-0.2, -0.15) is 0 Å². The van der Waals surface area contributed by atoms with Crippen molar-refractivity contribution in [3.63, 3.8) is 0 Å². The van der Waals surface area contributed by atoms with Gasteiger partial charge in [0.1, 0.15) is 5.75 Å². The number of nitrogens with one attached hydrogen (secondary N) is 1. The second-order valence-electron chi connectivity index (χ2n) is 6.50. The van der Waals surface area contributed by atoms with Crippen molar-refractivity contribution in [2.24, 2.45) is 0 Å². The molecule has 1 aliphatic rings. The van der Waals surface area contributed by atoms with Gasteiger partial charge in [-0.1, -0.05) is 43.2 Å². The van der Waals surface area contributed by atoms with Crippen LogP contribution in [0, 0.1) is 0 Å². The molecule has 0 bridgehead atoms. The third-order valence-electron chi connectivity index (χ3n) is 4.68. The zero-order chi connectivity index (χ0) is 18.5. The predicted octanol–water partition coefficient (Wildman–Crippen LogP) is 3.17. The Hall–Kier alpha value is -2.22. The highest BCUT2D eigenvalue weighted by atomic mass is 32.2. The van der Waals surface area contributed by atoms with E-state index in [9.17, 15) is 4.79 Å². The quantitative estimate of drug-likeness (QED) is 0.595. The number of aromatic nitrogens is 3. The Labute approximate surface area is 157 Å². The molecule has 2 aromatic rings. The lowest BCUT2D eigenvalue weighted by Crippen LogP contribution is -2.24. The number of methoxy groups -OCH3 is 1. The highest BCUT2D eigenvalue weighted by Crippen LogP contribution is 2.33. The number of nitrogens with zero attached hydrogens (tertiary/aromatic N) is 3. The number of anilines is 1. The summed E-state index contributed by atoms with van der Waals surface area (Å²) in [6.07, 6.45) is 5.89. The van der Waals surface area contributed by atoms with E-state index in [4.69, 9.17) is 10.6 Å². The van der Waals surface area contributed by atoms with Gasteiger partial charge in [0.15, 0.2) is 5.82 Å². The summed E-state index contributed by atoms with van der Waals surface area (Å²) in [4.78, 5) is 12.5. The minimum Gasteiger partial charge on any atom is -0.495 e. The second-order valence-corrected chi connectivity index (χ2v) is 7.80. The lowest BCUT2D eigenvalue weighted by Gasteiger charge is -2.20. The molecule has 1 heterocycles. The van der Waals surface area contributed by atoms with Crippen LogP contribution in [0.15, 0.2) is 29.4 Å². The molecule has 8 heteroatoms. The molecule has 26 heavy (non-hydrogen) atoms. The van der Waals surface area contributed by atoms with E-state index in [1.807, 2.05) is 19.1 Å². The minimum absolute atomic E-state index is 0.137. The molecule has 1 aromatic heterocycles. The topological polar surface area (TPSA) is 95.1 Å². The number of nitrogens with two attached hydrogens (primary N) is 1. The molecule has 1 atom stereocenters. The number of nitrogen functional groups attached to an aromatic ring is 1. The first kappa shape index (κ1) is 18.6. The third-order valence-corrected chi connectivity index (χ3v) is 5.73. The zero-order valence-electron chi connectivity index (χ0n) is 15.1. The van der Waals surface area contributed by atoms with E-state index in [0.29, 0.717) is 22.5 Å². The molecule has 3 rings (SSSR count). The summed E-state index contributed by atoms with van der Waals surface area (Å²) in [6, 6.07) is 7.32. The molecule has 3 N–H and O–H groups in total. The third kappa shape index (κ3) is 4.12. The van der Waals surface area contributed by atoms with E-state index in [1.54, 1.807) is 23.9 Å². The number of carbonyl (C=O) groups is 1. The summed E-state index contributed by atoms with van der Waals surface area (Å²) in [5.74, 6) is 7.88. The molecule has 1 saturated carbocycles. The first-order valence-corrected chi connectivity index (χ1v) is 9.79. The first-order valence-electron chi connectivity index (χ1n) is 8.91. The molecule has 0 aliphatic heterocycles. The molecular weight excluding hydrogens is 350 g/mol. The molecule has 0 spiro atoms. The first-order chi connectivity index (χ1) is 12.6. The van der Waals surface area contributed by atoms with Crippen LogP contribution in [-0.2, 0) is 4.79 Å². The molecule has 0 radical (unpaired) electrons. The Bertz CT molecular complexity index is 758. The van der Waals surface area contributed by atoms with Crippen LogP contribution in [0.4, 0.5) is 5.69 Å². The van der Waals surface area contributed by atoms with Gasteiger partial charge in [-0.05, 0) is 31.9 Å². The second kappa shape index (κ2) is 8.44. The number of carbonyl (C=O) groups excluding carboxylic acids is 1. The number of benzene rings is 1. The van der Waals surface area contributed by atoms with Crippen molar-refractivity contribution < 1.29 is 9.53 Å². The summed E-state index contributed by atoms with van der Waals surface area (Å²) < 4.78 is 6.81. The highest BCUT2D eigenvalue weighted by Gasteiger charge is 2.25. The molecule has 0 unspecified atom stereocenters. The van der Waals surface area contributed by atoms with Crippen molar-refractivity contribution in [3.8, 4) is 5.75 Å². The summed E-state index contributed by atoms with van der Waals surface area (Å²) in [6.45, 7) is 1.82. The Balaban J connectivity index is 1.65. The number of hydrogen-bond acceptors (Lipinski definition) is 6. The normalized spacial score (nSPS) is 16.2. The van der Waals surface area contributed by atoms with Gasteiger partial charge in [-0.15, -0.1) is 10.2 Å². The van der Waals surface area contributed by atoms with E-state index in [-0.39, 0.29) is 11.2 Å². The standard InChI is InChI=1S/C18H25N5O2S/c1-12(17(24)20-14-10-6-7-11-15(14)25-2)26-18-22-21-16(23(18)19)13-8-4-3-5-9-13/h6-7,10-13H,3-5,8-9,19H2,1-2H3,(H,20,24)/t12-/m0/s1. The molecule has 140 valence electrons. The van der Waals surface area contributed by atoms with Crippen LogP contribution in [0.2, 0.25) is 0 Å². The Morgan fingerprint density at radius 2 is 2.04 bits per heavy atom. The largest absolute Gasteiger partial charge is 0.495 e. The van der Waals surface area contributed by atoms with Gasteiger partial charge in [0, 0.05) is 5.92 Å². The zero-order valence-corrected chi connectivity index (χ0v) is 16.0. The molecule has 7 nitrogen and oxygen atoms in total. The number of ether oxygens (including phenoxy) is 1. The van der Waals surface area contributed by atoms with E-state index >= 15 is 0 Å². The van der Waals surface area contributed by atoms with Gasteiger partial charge in [-0.25, -0.2) is 4.68 Å². The predicted molar refractivity (Wildman–Crippen MR) is 103 cm³/mol. The molecule has 0 saturated heterocycles. The van der Waals surface area contributed by atoms with E-state index in [1.165, 1.54) is 31.0 Å². The monoisotopic (exact) mass is 375 g/mol. The van der Waals surface area contributed by atoms with Gasteiger partial charge in [0.2, 0.25) is 11.1 Å². The average molecular weight is 375 g/mol. The van der Waals surface area contributed by atoms with Crippen LogP contribution in [-0.4, -0.2) is 33.1 Å². The van der Waals surface area contributed by atoms with Gasteiger partial charge in [0.25, 0.3) is 0 Å². The van der Waals surface area contributed by atoms with E-state index in [2.05, 4.69) is 15.5 Å². The lowest BCUT2D eigenvalue weighted by atomic mass is 9.89. The lowest BCUT2D eigenvalue weighted by molar-refractivity contribution is -0.115. The Kier molecular flexibility index (Phi) is 6.03. The van der Waals surface area contributed by atoms with Gasteiger partial charge >= 0.3 is 0 Å². The van der Waals surface area contributed by atoms with Gasteiger partial charge in [0.05, 0.1) is 18.0 Å². The van der Waals surface area contributed by atoms with Gasteiger partial charge < -0.3 is 15.9 Å². The van der Waals surface area contributed by atoms with Crippen LogP contribution in [0.5, 0.6) is 5.75 Å². The summed E-state index contributed by atoms with van der Waals surface area (Å²) >= 11 is 1.31. The van der Waals surface area contributed by atoms with Crippen LogP contribution >= 0.6 is 11.8 Å². The van der Waals surface area contributed by atoms with Gasteiger partial charge in [-0.3, -0.25) is 4.79 Å². The molecule has 1 fully saturated rings. The number of rotatable bonds is 6. The maximum atomic E-state index is 12.5. The average Bonchev–Trinajstić information content (AvgIpc) is 3.03. The maximum Gasteiger partial charge on any atom is 0.237 e. The van der Waals surface area contributed by atoms with E-state index in [0.717, 1.165) is 18.7 Å². The van der Waals surface area contributed by atoms with Crippen LogP contribution in [0.1, 0.15) is 50.8 Å². The summed E-state index contributed by atoms with van der Waals surface area (Å²) in [7, 11) is 1.58. The van der Waals surface area contributed by atoms with Crippen molar-refractivity contribution in [1.29, 1.82) is 0 Å². The SMILES string of the molecule is COc1ccccc1NC(=O)[C@H](C)Sc1nnc(C2CCCCC2)n1N. The van der Waals surface area contributed by atoms with E-state index < -0.39 is 0 Å². The number of hydrogen-bond donors (Lipinski definition) is 2. The molecule has 1 aromatic carbocycles. The fraction of sp³-hybridized carbons (Fsp3) is 0.500. The van der Waals surface area contributed by atoms with Crippen molar-refractivity contribution >= 4 is 23.4 Å². The van der Waals surface area contributed by atoms with Crippen molar-refractivity contribution in [1.82, 2.24) is 14.9 Å². The number of thioether (sulfide) groups is 1. The summed E-state index contributed by atoms with van der Waals surface area (Å²) in [5.41, 5.74) is 0.643. The maximum absolute atomic E-state index is 12.5.